The third-order valence-corrected chi connectivity index (χ3v) is 5.53. The van der Waals surface area contributed by atoms with E-state index in [1.807, 2.05) is 32.0 Å². The number of aryl methyl sites for hydroxylation is 2. The van der Waals surface area contributed by atoms with E-state index in [0.29, 0.717) is 5.69 Å². The average Bonchev–Trinajstić information content (AvgIpc) is 2.63. The van der Waals surface area contributed by atoms with Crippen molar-refractivity contribution in [3.63, 3.8) is 0 Å². The molecule has 0 aliphatic heterocycles. The zero-order chi connectivity index (χ0) is 20.9. The van der Waals surface area contributed by atoms with Crippen LogP contribution in [0.25, 0.3) is 0 Å². The van der Waals surface area contributed by atoms with Crippen LogP contribution >= 0.6 is 0 Å². The van der Waals surface area contributed by atoms with E-state index in [0.717, 1.165) is 29.3 Å². The molecule has 0 atom stereocenters. The summed E-state index contributed by atoms with van der Waals surface area (Å²) in [5.41, 5.74) is 1.92. The molecule has 0 fully saturated rings. The van der Waals surface area contributed by atoms with Gasteiger partial charge in [0.25, 0.3) is 5.91 Å². The molecule has 0 heterocycles. The second kappa shape index (κ2) is 8.94. The first-order valence-electron chi connectivity index (χ1n) is 8.59. The third-order valence-electron chi connectivity index (χ3n) is 3.98. The smallest absolute Gasteiger partial charge is 0.254 e. The summed E-state index contributed by atoms with van der Waals surface area (Å²) >= 11 is 0. The summed E-state index contributed by atoms with van der Waals surface area (Å²) in [7, 11) is -3.84. The van der Waals surface area contributed by atoms with Gasteiger partial charge in [0.05, 0.1) is 17.0 Å². The predicted octanol–water partition coefficient (Wildman–Crippen LogP) is 2.11. The Morgan fingerprint density at radius 2 is 1.71 bits per heavy atom. The van der Waals surface area contributed by atoms with Crippen LogP contribution in [0.5, 0.6) is 0 Å². The van der Waals surface area contributed by atoms with Crippen LogP contribution < -0.4 is 15.4 Å². The van der Waals surface area contributed by atoms with E-state index in [1.54, 1.807) is 6.92 Å². The van der Waals surface area contributed by atoms with Gasteiger partial charge in [0.2, 0.25) is 15.9 Å². The molecular weight excluding hydrogens is 385 g/mol. The first-order chi connectivity index (χ1) is 13.2. The molecule has 0 unspecified atom stereocenters. The van der Waals surface area contributed by atoms with Crippen molar-refractivity contribution < 1.29 is 22.4 Å². The van der Waals surface area contributed by atoms with Crippen molar-refractivity contribution in [2.24, 2.45) is 0 Å². The van der Waals surface area contributed by atoms with Crippen LogP contribution in [-0.4, -0.2) is 33.3 Å². The summed E-state index contributed by atoms with van der Waals surface area (Å²) in [6.45, 7) is 5.04. The molecule has 9 heteroatoms. The van der Waals surface area contributed by atoms with E-state index in [1.165, 1.54) is 0 Å². The summed E-state index contributed by atoms with van der Waals surface area (Å²) in [6, 6.07) is 8.44. The second-order valence-electron chi connectivity index (χ2n) is 6.14. The van der Waals surface area contributed by atoms with Crippen molar-refractivity contribution in [3.8, 4) is 0 Å². The lowest BCUT2D eigenvalue weighted by atomic mass is 10.1. The molecule has 0 bridgehead atoms. The number of amides is 2. The van der Waals surface area contributed by atoms with Gasteiger partial charge in [0, 0.05) is 12.2 Å². The maximum Gasteiger partial charge on any atom is 0.254 e. The highest BCUT2D eigenvalue weighted by Crippen LogP contribution is 2.19. The Bertz CT molecular complexity index is 986. The van der Waals surface area contributed by atoms with Gasteiger partial charge in [-0.2, -0.15) is 0 Å². The van der Waals surface area contributed by atoms with Gasteiger partial charge >= 0.3 is 0 Å². The molecule has 0 radical (unpaired) electrons. The van der Waals surface area contributed by atoms with Crippen LogP contribution in [0.1, 0.15) is 28.4 Å². The fourth-order valence-corrected chi connectivity index (χ4v) is 3.64. The number of carbonyl (C=O) groups excluding carboxylic acids is 2. The largest absolute Gasteiger partial charge is 0.343 e. The zero-order valence-corrected chi connectivity index (χ0v) is 16.6. The van der Waals surface area contributed by atoms with Gasteiger partial charge < -0.3 is 10.6 Å². The molecule has 0 saturated heterocycles. The van der Waals surface area contributed by atoms with Crippen molar-refractivity contribution in [1.29, 1.82) is 0 Å². The molecule has 2 amide bonds. The number of sulfonamides is 1. The van der Waals surface area contributed by atoms with Crippen molar-refractivity contribution in [2.45, 2.75) is 25.7 Å². The monoisotopic (exact) mass is 407 g/mol. The fraction of sp³-hybridized carbons (Fsp3) is 0.263. The van der Waals surface area contributed by atoms with Crippen molar-refractivity contribution >= 4 is 27.5 Å². The molecule has 28 heavy (non-hydrogen) atoms. The number of nitrogens with one attached hydrogen (secondary N) is 3. The summed E-state index contributed by atoms with van der Waals surface area (Å²) in [5.74, 6) is -2.26. The first-order valence-corrected chi connectivity index (χ1v) is 10.1. The Morgan fingerprint density at radius 3 is 2.32 bits per heavy atom. The van der Waals surface area contributed by atoms with Crippen LogP contribution in [0, 0.1) is 19.7 Å². The Morgan fingerprint density at radius 1 is 1.07 bits per heavy atom. The molecule has 0 aliphatic rings. The normalized spacial score (nSPS) is 11.1. The molecule has 0 aromatic heterocycles. The summed E-state index contributed by atoms with van der Waals surface area (Å²) in [6.07, 6.45) is 0. The second-order valence-corrected chi connectivity index (χ2v) is 7.91. The molecule has 2 aromatic carbocycles. The maximum absolute atomic E-state index is 14.0. The van der Waals surface area contributed by atoms with Crippen LogP contribution in [0.4, 0.5) is 10.1 Å². The molecule has 0 spiro atoms. The zero-order valence-electron chi connectivity index (χ0n) is 15.8. The van der Waals surface area contributed by atoms with Crippen LogP contribution in [-0.2, 0) is 14.8 Å². The highest BCUT2D eigenvalue weighted by atomic mass is 32.2. The fourth-order valence-electron chi connectivity index (χ4n) is 2.57. The highest BCUT2D eigenvalue weighted by molar-refractivity contribution is 7.89. The Balaban J connectivity index is 2.10. The summed E-state index contributed by atoms with van der Waals surface area (Å²) in [5, 5.41) is 5.00. The molecule has 0 aliphatic carbocycles. The topological polar surface area (TPSA) is 104 Å². The molecule has 3 N–H and O–H groups in total. The number of carbonyl (C=O) groups is 2. The Labute approximate surface area is 163 Å². The minimum absolute atomic E-state index is 0.153. The van der Waals surface area contributed by atoms with Gasteiger partial charge in [-0.25, -0.2) is 17.5 Å². The van der Waals surface area contributed by atoms with E-state index in [-0.39, 0.29) is 11.4 Å². The average molecular weight is 407 g/mol. The number of halogens is 1. The van der Waals surface area contributed by atoms with E-state index in [2.05, 4.69) is 15.4 Å². The van der Waals surface area contributed by atoms with Gasteiger partial charge in [-0.1, -0.05) is 25.1 Å². The number of hydrogen-bond donors (Lipinski definition) is 3. The quantitative estimate of drug-likeness (QED) is 0.654. The van der Waals surface area contributed by atoms with Crippen LogP contribution in [0.2, 0.25) is 0 Å². The van der Waals surface area contributed by atoms with Crippen LogP contribution in [0.3, 0.4) is 0 Å². The van der Waals surface area contributed by atoms with Crippen molar-refractivity contribution in [2.75, 3.05) is 18.4 Å². The van der Waals surface area contributed by atoms with Gasteiger partial charge in [-0.05, 0) is 43.2 Å². The maximum atomic E-state index is 14.0. The standard InChI is InChI=1S/C19H22FN3O4S/c1-4-22-28(26,27)14-8-9-16(20)15(10-14)19(25)21-11-17(24)23-18-12(2)6-5-7-13(18)3/h5-10,22H,4,11H2,1-3H3,(H,21,25)(H,23,24). The SMILES string of the molecule is CCNS(=O)(=O)c1ccc(F)c(C(=O)NCC(=O)Nc2c(C)cccc2C)c1. The Hall–Kier alpha value is -2.78. The van der Waals surface area contributed by atoms with E-state index < -0.39 is 39.8 Å². The molecule has 7 nitrogen and oxygen atoms in total. The third kappa shape index (κ3) is 5.14. The minimum atomic E-state index is -3.84. The van der Waals surface area contributed by atoms with Crippen molar-refractivity contribution in [1.82, 2.24) is 10.0 Å². The lowest BCUT2D eigenvalue weighted by Crippen LogP contribution is -2.33. The number of hydrogen-bond acceptors (Lipinski definition) is 4. The molecule has 0 saturated carbocycles. The number of benzene rings is 2. The van der Waals surface area contributed by atoms with Crippen LogP contribution in [0.15, 0.2) is 41.3 Å². The van der Waals surface area contributed by atoms with E-state index in [4.69, 9.17) is 0 Å². The summed E-state index contributed by atoms with van der Waals surface area (Å²) < 4.78 is 40.3. The van der Waals surface area contributed by atoms with Gasteiger partial charge in [0.15, 0.2) is 0 Å². The van der Waals surface area contributed by atoms with E-state index >= 15 is 0 Å². The van der Waals surface area contributed by atoms with Gasteiger partial charge in [-0.15, -0.1) is 0 Å². The Kier molecular flexibility index (Phi) is 6.87. The van der Waals surface area contributed by atoms with E-state index in [9.17, 15) is 22.4 Å². The molecule has 2 aromatic rings. The predicted molar refractivity (Wildman–Crippen MR) is 104 cm³/mol. The van der Waals surface area contributed by atoms with Gasteiger partial charge in [0.1, 0.15) is 5.82 Å². The number of anilines is 1. The first kappa shape index (κ1) is 21.5. The highest BCUT2D eigenvalue weighted by Gasteiger charge is 2.19. The van der Waals surface area contributed by atoms with Gasteiger partial charge in [-0.3, -0.25) is 9.59 Å². The minimum Gasteiger partial charge on any atom is -0.343 e. The number of rotatable bonds is 7. The number of para-hydroxylation sites is 1. The lowest BCUT2D eigenvalue weighted by molar-refractivity contribution is -0.115. The molecular formula is C19H22FN3O4S. The lowest BCUT2D eigenvalue weighted by Gasteiger charge is -2.12. The summed E-state index contributed by atoms with van der Waals surface area (Å²) in [4.78, 5) is 24.1. The van der Waals surface area contributed by atoms with Crippen molar-refractivity contribution in [3.05, 3.63) is 58.9 Å². The molecule has 150 valence electrons. The molecule has 2 rings (SSSR count).